The van der Waals surface area contributed by atoms with Gasteiger partial charge in [-0.1, -0.05) is 18.2 Å². The molecule has 0 bridgehead atoms. The molecule has 1 unspecified atom stereocenters. The van der Waals surface area contributed by atoms with Crippen LogP contribution in [0.25, 0.3) is 0 Å². The second-order valence-electron chi connectivity index (χ2n) is 6.82. The number of nitrogens with two attached hydrogens (primary N) is 1. The van der Waals surface area contributed by atoms with Crippen LogP contribution in [0.4, 0.5) is 4.79 Å². The van der Waals surface area contributed by atoms with Gasteiger partial charge in [0, 0.05) is 12.1 Å². The number of phenolic OH excluding ortho intramolecular Hbond substituents is 1. The highest BCUT2D eigenvalue weighted by Gasteiger charge is 2.47. The zero-order valence-corrected chi connectivity index (χ0v) is 13.6. The third-order valence-corrected chi connectivity index (χ3v) is 4.07. The maximum Gasteiger partial charge on any atom is 0.411 e. The molecule has 1 aromatic rings. The van der Waals surface area contributed by atoms with Crippen LogP contribution in [0.2, 0.25) is 0 Å². The summed E-state index contributed by atoms with van der Waals surface area (Å²) in [5, 5.41) is 10.3. The Morgan fingerprint density at radius 1 is 1.41 bits per heavy atom. The molecule has 1 aromatic carbocycles. The van der Waals surface area contributed by atoms with Gasteiger partial charge in [-0.25, -0.2) is 4.79 Å². The Bertz CT molecular complexity index is 539. The highest BCUT2D eigenvalue weighted by molar-refractivity contribution is 5.70. The van der Waals surface area contributed by atoms with Gasteiger partial charge in [0.25, 0.3) is 0 Å². The zero-order chi connectivity index (χ0) is 16.4. The van der Waals surface area contributed by atoms with Gasteiger partial charge in [0.15, 0.2) is 0 Å². The van der Waals surface area contributed by atoms with E-state index >= 15 is 0 Å². The standard InChI is InChI=1S/C17H26N2O3/c1-16(2,3)22-15(21)19-12-6-9-17(19,10-11-18)13-7-4-5-8-14(13)20/h4-5,7-8,20H,6,9-12,18H2,1-3H3. The first-order valence-corrected chi connectivity index (χ1v) is 7.79. The lowest BCUT2D eigenvalue weighted by Gasteiger charge is -2.39. The summed E-state index contributed by atoms with van der Waals surface area (Å²) in [5.41, 5.74) is 5.43. The molecule has 3 N–H and O–H groups in total. The van der Waals surface area contributed by atoms with Crippen LogP contribution in [0, 0.1) is 0 Å². The zero-order valence-electron chi connectivity index (χ0n) is 13.6. The molecule has 2 rings (SSSR count). The molecule has 1 saturated heterocycles. The number of likely N-dealkylation sites (tertiary alicyclic amines) is 1. The quantitative estimate of drug-likeness (QED) is 0.900. The van der Waals surface area contributed by atoms with E-state index in [-0.39, 0.29) is 11.8 Å². The normalized spacial score (nSPS) is 21.9. The SMILES string of the molecule is CC(C)(C)OC(=O)N1CCCC1(CCN)c1ccccc1O. The Kier molecular flexibility index (Phi) is 4.66. The number of amides is 1. The van der Waals surface area contributed by atoms with Crippen LogP contribution in [0.5, 0.6) is 5.75 Å². The van der Waals surface area contributed by atoms with Crippen molar-refractivity contribution in [2.75, 3.05) is 13.1 Å². The third-order valence-electron chi connectivity index (χ3n) is 4.07. The van der Waals surface area contributed by atoms with Crippen molar-refractivity contribution in [3.05, 3.63) is 29.8 Å². The molecule has 5 heteroatoms. The molecule has 1 heterocycles. The second kappa shape index (κ2) is 6.16. The number of rotatable bonds is 3. The average Bonchev–Trinajstić information content (AvgIpc) is 2.82. The number of nitrogens with zero attached hydrogens (tertiary/aromatic N) is 1. The lowest BCUT2D eigenvalue weighted by Crippen LogP contribution is -2.48. The van der Waals surface area contributed by atoms with Crippen molar-refractivity contribution in [2.45, 2.75) is 51.2 Å². The molecular formula is C17H26N2O3. The largest absolute Gasteiger partial charge is 0.508 e. The number of aromatic hydroxyl groups is 1. The molecule has 0 aliphatic carbocycles. The third kappa shape index (κ3) is 3.19. The fourth-order valence-corrected chi connectivity index (χ4v) is 3.24. The predicted octanol–water partition coefficient (Wildman–Crippen LogP) is 2.97. The molecular weight excluding hydrogens is 280 g/mol. The van der Waals surface area contributed by atoms with E-state index in [2.05, 4.69) is 0 Å². The number of ether oxygens (including phenoxy) is 1. The van der Waals surface area contributed by atoms with E-state index in [4.69, 9.17) is 10.5 Å². The Morgan fingerprint density at radius 2 is 2.09 bits per heavy atom. The smallest absolute Gasteiger partial charge is 0.411 e. The van der Waals surface area contributed by atoms with Crippen molar-refractivity contribution in [3.8, 4) is 5.75 Å². The monoisotopic (exact) mass is 306 g/mol. The lowest BCUT2D eigenvalue weighted by molar-refractivity contribution is 0.00526. The van der Waals surface area contributed by atoms with E-state index in [0.29, 0.717) is 19.5 Å². The average molecular weight is 306 g/mol. The van der Waals surface area contributed by atoms with Crippen LogP contribution in [0.3, 0.4) is 0 Å². The molecule has 1 aliphatic rings. The Morgan fingerprint density at radius 3 is 2.68 bits per heavy atom. The Balaban J connectivity index is 2.40. The molecule has 0 radical (unpaired) electrons. The molecule has 0 spiro atoms. The van der Waals surface area contributed by atoms with Crippen molar-refractivity contribution >= 4 is 6.09 Å². The van der Waals surface area contributed by atoms with Gasteiger partial charge in [0.1, 0.15) is 11.4 Å². The highest BCUT2D eigenvalue weighted by Crippen LogP contribution is 2.45. The minimum Gasteiger partial charge on any atom is -0.508 e. The molecule has 1 amide bonds. The number of hydrogen-bond donors (Lipinski definition) is 2. The first-order chi connectivity index (χ1) is 10.3. The molecule has 1 atom stereocenters. The molecule has 5 nitrogen and oxygen atoms in total. The minimum atomic E-state index is -0.581. The van der Waals surface area contributed by atoms with Crippen LogP contribution >= 0.6 is 0 Å². The van der Waals surface area contributed by atoms with Gasteiger partial charge in [0.2, 0.25) is 0 Å². The molecule has 1 fully saturated rings. The summed E-state index contributed by atoms with van der Waals surface area (Å²) in [6.45, 7) is 6.61. The van der Waals surface area contributed by atoms with Crippen molar-refractivity contribution in [1.29, 1.82) is 0 Å². The minimum absolute atomic E-state index is 0.200. The van der Waals surface area contributed by atoms with Gasteiger partial charge in [-0.3, -0.25) is 4.90 Å². The van der Waals surface area contributed by atoms with Gasteiger partial charge in [0.05, 0.1) is 5.54 Å². The number of benzene rings is 1. The van der Waals surface area contributed by atoms with Gasteiger partial charge < -0.3 is 15.6 Å². The highest BCUT2D eigenvalue weighted by atomic mass is 16.6. The van der Waals surface area contributed by atoms with E-state index in [9.17, 15) is 9.90 Å². The molecule has 122 valence electrons. The van der Waals surface area contributed by atoms with Gasteiger partial charge in [-0.2, -0.15) is 0 Å². The summed E-state index contributed by atoms with van der Waals surface area (Å²) in [6.07, 6.45) is 1.90. The van der Waals surface area contributed by atoms with E-state index in [0.717, 1.165) is 18.4 Å². The molecule has 0 aromatic heterocycles. The van der Waals surface area contributed by atoms with Crippen molar-refractivity contribution < 1.29 is 14.6 Å². The van der Waals surface area contributed by atoms with E-state index in [1.807, 2.05) is 32.9 Å². The maximum atomic E-state index is 12.6. The summed E-state index contributed by atoms with van der Waals surface area (Å²) in [5.74, 6) is 0.200. The molecule has 1 aliphatic heterocycles. The van der Waals surface area contributed by atoms with Crippen LogP contribution in [0.1, 0.15) is 45.6 Å². The number of hydrogen-bond acceptors (Lipinski definition) is 4. The fraction of sp³-hybridized carbons (Fsp3) is 0.588. The lowest BCUT2D eigenvalue weighted by atomic mass is 9.83. The topological polar surface area (TPSA) is 75.8 Å². The van der Waals surface area contributed by atoms with Crippen LogP contribution in [-0.4, -0.2) is 34.8 Å². The van der Waals surface area contributed by atoms with Crippen molar-refractivity contribution in [2.24, 2.45) is 5.73 Å². The summed E-state index contributed by atoms with van der Waals surface area (Å²) >= 11 is 0. The van der Waals surface area contributed by atoms with Gasteiger partial charge >= 0.3 is 6.09 Å². The number of carbonyl (C=O) groups is 1. The number of carbonyl (C=O) groups excluding carboxylic acids is 1. The van der Waals surface area contributed by atoms with Crippen molar-refractivity contribution in [1.82, 2.24) is 4.90 Å². The Hall–Kier alpha value is -1.75. The van der Waals surface area contributed by atoms with Crippen LogP contribution in [0.15, 0.2) is 24.3 Å². The first kappa shape index (κ1) is 16.6. The summed E-state index contributed by atoms with van der Waals surface area (Å²) in [4.78, 5) is 14.4. The van der Waals surface area contributed by atoms with Crippen LogP contribution in [-0.2, 0) is 10.3 Å². The van der Waals surface area contributed by atoms with E-state index < -0.39 is 11.1 Å². The molecule has 0 saturated carbocycles. The number of para-hydroxylation sites is 1. The van der Waals surface area contributed by atoms with E-state index in [1.165, 1.54) is 0 Å². The van der Waals surface area contributed by atoms with E-state index in [1.54, 1.807) is 17.0 Å². The number of phenols is 1. The summed E-state index contributed by atoms with van der Waals surface area (Å²) in [6, 6.07) is 7.17. The first-order valence-electron chi connectivity index (χ1n) is 7.79. The van der Waals surface area contributed by atoms with Crippen molar-refractivity contribution in [3.63, 3.8) is 0 Å². The van der Waals surface area contributed by atoms with Gasteiger partial charge in [-0.15, -0.1) is 0 Å². The fourth-order valence-electron chi connectivity index (χ4n) is 3.24. The Labute approximate surface area is 132 Å². The maximum absolute atomic E-state index is 12.6. The second-order valence-corrected chi connectivity index (χ2v) is 6.82. The van der Waals surface area contributed by atoms with Gasteiger partial charge in [-0.05, 0) is 52.6 Å². The predicted molar refractivity (Wildman–Crippen MR) is 85.6 cm³/mol. The summed E-state index contributed by atoms with van der Waals surface area (Å²) < 4.78 is 5.55. The molecule has 22 heavy (non-hydrogen) atoms. The summed E-state index contributed by atoms with van der Waals surface area (Å²) in [7, 11) is 0. The van der Waals surface area contributed by atoms with Crippen LogP contribution < -0.4 is 5.73 Å².